The Morgan fingerprint density at radius 1 is 1.25 bits per heavy atom. The van der Waals surface area contributed by atoms with Gasteiger partial charge in [0.1, 0.15) is 18.4 Å². The zero-order valence-electron chi connectivity index (χ0n) is 20.7. The van der Waals surface area contributed by atoms with Gasteiger partial charge in [-0.25, -0.2) is 14.6 Å². The van der Waals surface area contributed by atoms with Gasteiger partial charge in [0.2, 0.25) is 5.82 Å². The zero-order valence-corrected chi connectivity index (χ0v) is 21.5. The van der Waals surface area contributed by atoms with Crippen LogP contribution in [0.4, 0.5) is 11.5 Å². The Morgan fingerprint density at radius 3 is 2.64 bits per heavy atom. The van der Waals surface area contributed by atoms with E-state index in [-0.39, 0.29) is 5.82 Å². The van der Waals surface area contributed by atoms with E-state index in [1.807, 2.05) is 50.6 Å². The average Bonchev–Trinajstić information content (AvgIpc) is 3.35. The SMILES string of the molecule is CN(C)c1cnc(NC2CCOCC2)cc1SCCC=O.NC(=O)c1ncn(Cc2ccccc2)n1. The first-order chi connectivity index (χ1) is 17.5. The lowest BCUT2D eigenvalue weighted by Gasteiger charge is -2.24. The molecule has 1 aromatic carbocycles. The molecule has 0 bridgehead atoms. The molecule has 3 heterocycles. The van der Waals surface area contributed by atoms with Gasteiger partial charge in [0.15, 0.2) is 0 Å². The number of nitrogens with one attached hydrogen (secondary N) is 1. The molecule has 1 aliphatic heterocycles. The number of aldehydes is 1. The maximum atomic E-state index is 10.8. The van der Waals surface area contributed by atoms with Gasteiger partial charge in [-0.3, -0.25) is 4.79 Å². The van der Waals surface area contributed by atoms with E-state index in [0.29, 0.717) is 19.0 Å². The van der Waals surface area contributed by atoms with Crippen molar-refractivity contribution in [3.8, 4) is 0 Å². The number of benzene rings is 1. The summed E-state index contributed by atoms with van der Waals surface area (Å²) in [6, 6.07) is 12.3. The van der Waals surface area contributed by atoms with Gasteiger partial charge < -0.3 is 25.5 Å². The van der Waals surface area contributed by atoms with Gasteiger partial charge >= 0.3 is 0 Å². The largest absolute Gasteiger partial charge is 0.381 e. The summed E-state index contributed by atoms with van der Waals surface area (Å²) in [6.45, 7) is 2.21. The van der Waals surface area contributed by atoms with E-state index in [1.165, 1.54) is 6.33 Å². The molecule has 0 unspecified atom stereocenters. The van der Waals surface area contributed by atoms with Crippen LogP contribution in [0.15, 0.2) is 53.8 Å². The smallest absolute Gasteiger partial charge is 0.288 e. The summed E-state index contributed by atoms with van der Waals surface area (Å²) in [5.74, 6) is 1.14. The van der Waals surface area contributed by atoms with Gasteiger partial charge in [-0.1, -0.05) is 30.3 Å². The maximum Gasteiger partial charge on any atom is 0.288 e. The number of aromatic nitrogens is 4. The van der Waals surface area contributed by atoms with Crippen molar-refractivity contribution >= 4 is 35.5 Å². The van der Waals surface area contributed by atoms with Crippen molar-refractivity contribution < 1.29 is 14.3 Å². The quantitative estimate of drug-likeness (QED) is 0.240. The van der Waals surface area contributed by atoms with Crippen molar-refractivity contribution in [3.63, 3.8) is 0 Å². The average molecular weight is 512 g/mol. The molecule has 3 N–H and O–H groups in total. The van der Waals surface area contributed by atoms with Crippen LogP contribution in [0.2, 0.25) is 0 Å². The summed E-state index contributed by atoms with van der Waals surface area (Å²) in [6.07, 6.45) is 6.96. The minimum Gasteiger partial charge on any atom is -0.381 e. The molecular weight excluding hydrogens is 478 g/mol. The van der Waals surface area contributed by atoms with E-state index in [0.717, 1.165) is 60.1 Å². The number of anilines is 2. The number of hydrogen-bond acceptors (Lipinski definition) is 9. The first-order valence-corrected chi connectivity index (χ1v) is 12.8. The van der Waals surface area contributed by atoms with Crippen molar-refractivity contribution in [3.05, 3.63) is 60.3 Å². The molecule has 0 spiro atoms. The number of thioether (sulfide) groups is 1. The number of nitrogens with zero attached hydrogens (tertiary/aromatic N) is 5. The molecule has 11 heteroatoms. The third-order valence-electron chi connectivity index (χ3n) is 5.34. The summed E-state index contributed by atoms with van der Waals surface area (Å²) in [5, 5.41) is 7.42. The molecule has 2 aromatic heterocycles. The molecule has 3 aromatic rings. The van der Waals surface area contributed by atoms with E-state index in [9.17, 15) is 9.59 Å². The second kappa shape index (κ2) is 14.2. The fourth-order valence-electron chi connectivity index (χ4n) is 3.48. The number of carbonyl (C=O) groups excluding carboxylic acids is 2. The van der Waals surface area contributed by atoms with E-state index >= 15 is 0 Å². The number of pyridine rings is 1. The summed E-state index contributed by atoms with van der Waals surface area (Å²) in [5.41, 5.74) is 7.23. The molecule has 0 atom stereocenters. The number of amides is 1. The molecule has 1 aliphatic rings. The first kappa shape index (κ1) is 27.2. The van der Waals surface area contributed by atoms with Crippen molar-refractivity contribution in [2.75, 3.05) is 43.3 Å². The fourth-order valence-corrected chi connectivity index (χ4v) is 4.49. The predicted molar refractivity (Wildman–Crippen MR) is 142 cm³/mol. The van der Waals surface area contributed by atoms with Crippen molar-refractivity contribution in [1.82, 2.24) is 19.7 Å². The van der Waals surface area contributed by atoms with Crippen LogP contribution in [0.3, 0.4) is 0 Å². The summed E-state index contributed by atoms with van der Waals surface area (Å²) in [4.78, 5) is 32.7. The lowest BCUT2D eigenvalue weighted by molar-refractivity contribution is -0.107. The summed E-state index contributed by atoms with van der Waals surface area (Å²) < 4.78 is 6.95. The predicted octanol–water partition coefficient (Wildman–Crippen LogP) is 2.84. The van der Waals surface area contributed by atoms with Crippen LogP contribution < -0.4 is 16.0 Å². The maximum absolute atomic E-state index is 10.8. The topological polar surface area (TPSA) is 128 Å². The van der Waals surface area contributed by atoms with Gasteiger partial charge in [0, 0.05) is 50.4 Å². The number of primary amides is 1. The van der Waals surface area contributed by atoms with Crippen LogP contribution in [-0.4, -0.2) is 71.0 Å². The highest BCUT2D eigenvalue weighted by atomic mass is 32.2. The lowest BCUT2D eigenvalue weighted by atomic mass is 10.1. The van der Waals surface area contributed by atoms with Gasteiger partial charge in [-0.15, -0.1) is 16.9 Å². The first-order valence-electron chi connectivity index (χ1n) is 11.8. The number of carbonyl (C=O) groups is 2. The summed E-state index contributed by atoms with van der Waals surface area (Å²) >= 11 is 1.70. The molecule has 10 nitrogen and oxygen atoms in total. The third-order valence-corrected chi connectivity index (χ3v) is 6.42. The van der Waals surface area contributed by atoms with E-state index in [4.69, 9.17) is 10.5 Å². The van der Waals surface area contributed by atoms with Crippen LogP contribution in [0.1, 0.15) is 35.4 Å². The second-order valence-electron chi connectivity index (χ2n) is 8.38. The molecule has 1 saturated heterocycles. The Labute approximate surface area is 215 Å². The summed E-state index contributed by atoms with van der Waals surface area (Å²) in [7, 11) is 4.01. The fraction of sp³-hybridized carbons (Fsp3) is 0.400. The number of ether oxygens (including phenoxy) is 1. The van der Waals surface area contributed by atoms with Gasteiger partial charge in [0.25, 0.3) is 5.91 Å². The van der Waals surface area contributed by atoms with Gasteiger partial charge in [0.05, 0.1) is 18.4 Å². The zero-order chi connectivity index (χ0) is 25.8. The molecule has 1 amide bonds. The Hall–Kier alpha value is -3.44. The minimum absolute atomic E-state index is 0.0472. The van der Waals surface area contributed by atoms with Gasteiger partial charge in [-0.2, -0.15) is 0 Å². The molecule has 0 aliphatic carbocycles. The molecule has 36 heavy (non-hydrogen) atoms. The highest BCUT2D eigenvalue weighted by Gasteiger charge is 2.15. The van der Waals surface area contributed by atoms with Crippen LogP contribution in [0.25, 0.3) is 0 Å². The van der Waals surface area contributed by atoms with Crippen molar-refractivity contribution in [1.29, 1.82) is 0 Å². The van der Waals surface area contributed by atoms with Crippen molar-refractivity contribution in [2.45, 2.75) is 36.7 Å². The Balaban J connectivity index is 0.000000212. The normalized spacial score (nSPS) is 13.4. The highest BCUT2D eigenvalue weighted by Crippen LogP contribution is 2.31. The monoisotopic (exact) mass is 511 g/mol. The number of hydrogen-bond donors (Lipinski definition) is 2. The lowest BCUT2D eigenvalue weighted by Crippen LogP contribution is -2.28. The minimum atomic E-state index is -0.609. The van der Waals surface area contributed by atoms with Crippen LogP contribution in [0, 0.1) is 0 Å². The molecule has 0 radical (unpaired) electrons. The second-order valence-corrected chi connectivity index (χ2v) is 9.52. The number of nitrogens with two attached hydrogens (primary N) is 1. The Kier molecular flexibility index (Phi) is 10.7. The van der Waals surface area contributed by atoms with Crippen LogP contribution in [-0.2, 0) is 16.1 Å². The van der Waals surface area contributed by atoms with E-state index < -0.39 is 5.91 Å². The standard InChI is InChI=1S/C15H23N3O2S.C10H10N4O/c1-18(2)13-11-16-15(10-14(13)21-9-3-6-19)17-12-4-7-20-8-5-12;11-9(15)10-12-7-14(13-10)6-8-4-2-1-3-5-8/h6,10-12H,3-5,7-9H2,1-2H3,(H,16,17);1-5,7H,6H2,(H2,11,15). The van der Waals surface area contributed by atoms with Crippen LogP contribution >= 0.6 is 11.8 Å². The molecule has 1 fully saturated rings. The van der Waals surface area contributed by atoms with Crippen molar-refractivity contribution in [2.24, 2.45) is 5.73 Å². The number of rotatable bonds is 10. The Morgan fingerprint density at radius 2 is 2.00 bits per heavy atom. The molecular formula is C25H33N7O3S. The van der Waals surface area contributed by atoms with E-state index in [1.54, 1.807) is 16.4 Å². The third kappa shape index (κ3) is 8.65. The van der Waals surface area contributed by atoms with E-state index in [2.05, 4.69) is 31.3 Å². The van der Waals surface area contributed by atoms with Gasteiger partial charge in [-0.05, 0) is 24.5 Å². The molecule has 192 valence electrons. The van der Waals surface area contributed by atoms with Crippen LogP contribution in [0.5, 0.6) is 0 Å². The molecule has 0 saturated carbocycles. The Bertz CT molecular complexity index is 1100. The molecule has 4 rings (SSSR count). The highest BCUT2D eigenvalue weighted by molar-refractivity contribution is 7.99.